The van der Waals surface area contributed by atoms with Crippen molar-refractivity contribution in [1.82, 2.24) is 0 Å². The summed E-state index contributed by atoms with van der Waals surface area (Å²) in [6.07, 6.45) is 0.170. The zero-order chi connectivity index (χ0) is 6.15. The first-order valence-electron chi connectivity index (χ1n) is 1.96. The molecular formula is C3H4N2O2S. The lowest BCUT2D eigenvalue weighted by Crippen LogP contribution is -2.26. The topological polar surface area (TPSA) is 72.5 Å². The number of nitrogens with two attached hydrogens (primary N) is 1. The van der Waals surface area contributed by atoms with Gasteiger partial charge in [0.05, 0.1) is 6.42 Å². The zero-order valence-electron chi connectivity index (χ0n) is 3.96. The van der Waals surface area contributed by atoms with Crippen LogP contribution >= 0.6 is 0 Å². The van der Waals surface area contributed by atoms with E-state index in [1.54, 1.807) is 0 Å². The zero-order valence-corrected chi connectivity index (χ0v) is 4.77. The van der Waals surface area contributed by atoms with Crippen molar-refractivity contribution in [2.24, 2.45) is 10.1 Å². The summed E-state index contributed by atoms with van der Waals surface area (Å²) >= 11 is 0. The van der Waals surface area contributed by atoms with Crippen LogP contribution in [0.5, 0.6) is 0 Å². The van der Waals surface area contributed by atoms with E-state index in [2.05, 4.69) is 4.99 Å². The molecule has 0 radical (unpaired) electrons. The molecule has 1 aliphatic rings. The molecule has 4 nitrogen and oxygen atoms in total. The molecule has 44 valence electrons. The average molecular weight is 132 g/mol. The molecule has 1 heterocycles. The standard InChI is InChI=1S/C3H4N2O2S/c4-8(7)3-1-2(6)5-3/h1,4H2. The molecule has 0 aromatic heterocycles. The molecule has 2 N–H and O–H groups in total. The van der Waals surface area contributed by atoms with Gasteiger partial charge in [-0.2, -0.15) is 0 Å². The summed E-state index contributed by atoms with van der Waals surface area (Å²) in [5.41, 5.74) is 0. The Morgan fingerprint density at radius 2 is 2.25 bits per heavy atom. The molecule has 0 fully saturated rings. The van der Waals surface area contributed by atoms with Crippen LogP contribution in [-0.4, -0.2) is 15.2 Å². The van der Waals surface area contributed by atoms with E-state index in [0.29, 0.717) is 5.04 Å². The molecule has 0 saturated carbocycles. The molecule has 1 aliphatic heterocycles. The summed E-state index contributed by atoms with van der Waals surface area (Å²) in [6.45, 7) is 0. The van der Waals surface area contributed by atoms with Gasteiger partial charge in [-0.15, -0.1) is 0 Å². The minimum absolute atomic E-state index is 0.170. The lowest BCUT2D eigenvalue weighted by Gasteiger charge is -2.05. The van der Waals surface area contributed by atoms with Gasteiger partial charge in [0.1, 0.15) is 16.0 Å². The summed E-state index contributed by atoms with van der Waals surface area (Å²) in [5, 5.41) is 5.15. The van der Waals surface area contributed by atoms with Gasteiger partial charge < -0.3 is 0 Å². The van der Waals surface area contributed by atoms with Gasteiger partial charge in [-0.25, -0.2) is 14.3 Å². The Morgan fingerprint density at radius 1 is 1.75 bits per heavy atom. The molecule has 0 aromatic carbocycles. The third kappa shape index (κ3) is 0.823. The number of rotatable bonds is 0. The molecule has 0 bridgehead atoms. The Kier molecular flexibility index (Phi) is 1.22. The molecule has 5 heteroatoms. The first-order valence-corrected chi connectivity index (χ1v) is 3.18. The van der Waals surface area contributed by atoms with Crippen LogP contribution in [0.3, 0.4) is 0 Å². The van der Waals surface area contributed by atoms with Crippen molar-refractivity contribution in [3.8, 4) is 0 Å². The van der Waals surface area contributed by atoms with Crippen molar-refractivity contribution in [3.63, 3.8) is 0 Å². The highest BCUT2D eigenvalue weighted by Gasteiger charge is 2.20. The third-order valence-corrected chi connectivity index (χ3v) is 1.48. The first kappa shape index (κ1) is 5.58. The van der Waals surface area contributed by atoms with Crippen molar-refractivity contribution in [2.45, 2.75) is 6.42 Å². The van der Waals surface area contributed by atoms with E-state index in [4.69, 9.17) is 5.14 Å². The molecule has 0 aliphatic carbocycles. The fourth-order valence-corrected chi connectivity index (χ4v) is 0.830. The fourth-order valence-electron chi connectivity index (χ4n) is 0.372. The number of amides is 1. The summed E-state index contributed by atoms with van der Waals surface area (Å²) < 4.78 is 10.2. The van der Waals surface area contributed by atoms with Crippen LogP contribution in [0.15, 0.2) is 4.99 Å². The van der Waals surface area contributed by atoms with Crippen molar-refractivity contribution in [1.29, 1.82) is 0 Å². The van der Waals surface area contributed by atoms with Crippen LogP contribution in [0.2, 0.25) is 0 Å². The minimum atomic E-state index is -1.52. The number of hydrogen-bond acceptors (Lipinski definition) is 2. The molecule has 1 unspecified atom stereocenters. The first-order chi connectivity index (χ1) is 3.70. The normalized spacial score (nSPS) is 21.6. The van der Waals surface area contributed by atoms with E-state index in [1.807, 2.05) is 0 Å². The summed E-state index contributed by atoms with van der Waals surface area (Å²) in [4.78, 5) is 13.3. The monoisotopic (exact) mass is 132 g/mol. The quantitative estimate of drug-likeness (QED) is 0.456. The predicted octanol–water partition coefficient (Wildman–Crippen LogP) is -1.06. The second-order valence-electron chi connectivity index (χ2n) is 1.37. The second kappa shape index (κ2) is 1.75. The maximum Gasteiger partial charge on any atom is 0.253 e. The number of hydrogen-bond donors (Lipinski definition) is 1. The SMILES string of the molecule is NS(=O)C1=NC(=O)C1. The van der Waals surface area contributed by atoms with Gasteiger partial charge in [0.2, 0.25) is 0 Å². The van der Waals surface area contributed by atoms with Crippen molar-refractivity contribution in [3.05, 3.63) is 0 Å². The summed E-state index contributed by atoms with van der Waals surface area (Å²) in [6, 6.07) is 0. The van der Waals surface area contributed by atoms with Crippen molar-refractivity contribution < 1.29 is 9.00 Å². The smallest absolute Gasteiger partial charge is 0.253 e. The number of aliphatic imine (C=N–C) groups is 1. The molecule has 0 spiro atoms. The predicted molar refractivity (Wildman–Crippen MR) is 29.4 cm³/mol. The van der Waals surface area contributed by atoms with Crippen LogP contribution < -0.4 is 5.14 Å². The van der Waals surface area contributed by atoms with E-state index in [-0.39, 0.29) is 12.3 Å². The molecule has 8 heavy (non-hydrogen) atoms. The van der Waals surface area contributed by atoms with Crippen LogP contribution in [0.4, 0.5) is 0 Å². The van der Waals surface area contributed by atoms with Gasteiger partial charge >= 0.3 is 0 Å². The summed E-state index contributed by atoms with van der Waals surface area (Å²) in [7, 11) is -1.52. The average Bonchev–Trinajstić information content (AvgIpc) is 1.57. The molecule has 1 amide bonds. The lowest BCUT2D eigenvalue weighted by molar-refractivity contribution is -0.117. The highest BCUT2D eigenvalue weighted by atomic mass is 32.2. The van der Waals surface area contributed by atoms with Crippen molar-refractivity contribution >= 4 is 21.9 Å². The Balaban J connectivity index is 2.68. The highest BCUT2D eigenvalue weighted by Crippen LogP contribution is 2.03. The maximum atomic E-state index is 10.2. The Bertz CT molecular complexity index is 186. The minimum Gasteiger partial charge on any atom is -0.272 e. The molecule has 1 rings (SSSR count). The van der Waals surface area contributed by atoms with E-state index in [1.165, 1.54) is 0 Å². The summed E-state index contributed by atoms with van der Waals surface area (Å²) in [5.74, 6) is -0.237. The van der Waals surface area contributed by atoms with Gasteiger partial charge in [0.25, 0.3) is 5.91 Å². The molecular weight excluding hydrogens is 128 g/mol. The second-order valence-corrected chi connectivity index (χ2v) is 2.44. The van der Waals surface area contributed by atoms with Crippen molar-refractivity contribution in [2.75, 3.05) is 0 Å². The van der Waals surface area contributed by atoms with Gasteiger partial charge in [0.15, 0.2) is 0 Å². The highest BCUT2D eigenvalue weighted by molar-refractivity contribution is 7.98. The van der Waals surface area contributed by atoms with E-state index < -0.39 is 11.0 Å². The van der Waals surface area contributed by atoms with Crippen LogP contribution in [0.1, 0.15) is 6.42 Å². The Labute approximate surface area is 48.4 Å². The van der Waals surface area contributed by atoms with Crippen LogP contribution in [-0.2, 0) is 15.8 Å². The maximum absolute atomic E-state index is 10.2. The number of carbonyl (C=O) groups is 1. The van der Waals surface area contributed by atoms with Crippen LogP contribution in [0, 0.1) is 0 Å². The lowest BCUT2D eigenvalue weighted by atomic mass is 10.3. The Hall–Kier alpha value is -0.550. The van der Waals surface area contributed by atoms with E-state index in [9.17, 15) is 9.00 Å². The van der Waals surface area contributed by atoms with Gasteiger partial charge in [-0.1, -0.05) is 0 Å². The molecule has 1 atom stereocenters. The van der Waals surface area contributed by atoms with Gasteiger partial charge in [-0.05, 0) is 0 Å². The van der Waals surface area contributed by atoms with E-state index in [0.717, 1.165) is 0 Å². The van der Waals surface area contributed by atoms with Crippen LogP contribution in [0.25, 0.3) is 0 Å². The van der Waals surface area contributed by atoms with E-state index >= 15 is 0 Å². The fraction of sp³-hybridized carbons (Fsp3) is 0.333. The van der Waals surface area contributed by atoms with Gasteiger partial charge in [0, 0.05) is 0 Å². The molecule has 0 saturated heterocycles. The Morgan fingerprint density at radius 3 is 2.38 bits per heavy atom. The largest absolute Gasteiger partial charge is 0.272 e. The molecule has 0 aromatic rings. The number of carbonyl (C=O) groups excluding carboxylic acids is 1. The third-order valence-electron chi connectivity index (χ3n) is 0.784. The van der Waals surface area contributed by atoms with Gasteiger partial charge in [-0.3, -0.25) is 4.79 Å². The number of nitrogens with zero attached hydrogens (tertiary/aromatic N) is 1.